The highest BCUT2D eigenvalue weighted by Crippen LogP contribution is 2.34. The largest absolute Gasteiger partial charge is 0.463 e. The topological polar surface area (TPSA) is 177 Å². The number of aliphatic hydroxyl groups excluding tert-OH is 1. The molecule has 3 heterocycles. The Bertz CT molecular complexity index is 900. The molecule has 1 aliphatic heterocycles. The first-order valence-electron chi connectivity index (χ1n) is 9.07. The molecule has 1 saturated heterocycles. The second kappa shape index (κ2) is 10.2. The van der Waals surface area contributed by atoms with Gasteiger partial charge in [0.25, 0.3) is 0 Å². The Kier molecular flexibility index (Phi) is 7.44. The van der Waals surface area contributed by atoms with Gasteiger partial charge in [-0.15, -0.1) is 0 Å². The fourth-order valence-electron chi connectivity index (χ4n) is 2.91. The van der Waals surface area contributed by atoms with Crippen LogP contribution in [0.2, 0.25) is 0 Å². The van der Waals surface area contributed by atoms with Crippen LogP contribution >= 0.6 is 0 Å². The number of hydrogen-bond acceptors (Lipinski definition) is 12. The van der Waals surface area contributed by atoms with Crippen LogP contribution in [0.3, 0.4) is 0 Å². The Balaban J connectivity index is 1.71. The molecule has 0 saturated carbocycles. The van der Waals surface area contributed by atoms with Gasteiger partial charge < -0.3 is 34.5 Å². The van der Waals surface area contributed by atoms with Gasteiger partial charge in [0.2, 0.25) is 0 Å². The summed E-state index contributed by atoms with van der Waals surface area (Å²) in [5.41, 5.74) is 6.59. The number of imidazole rings is 1. The van der Waals surface area contributed by atoms with E-state index in [1.54, 1.807) is 4.57 Å². The molecule has 0 bridgehead atoms. The summed E-state index contributed by atoms with van der Waals surface area (Å²) >= 11 is 0. The zero-order valence-corrected chi connectivity index (χ0v) is 16.2. The SMILES string of the molecule is CC(=O)OC[C@H]1O[C@@H](n2cnc3c(N)ncnc32)[C@H](OCOCOCCC#N)[C@@H]1O. The van der Waals surface area contributed by atoms with Crippen LogP contribution in [0.4, 0.5) is 5.82 Å². The zero-order valence-electron chi connectivity index (χ0n) is 16.2. The summed E-state index contributed by atoms with van der Waals surface area (Å²) in [5.74, 6) is -0.303. The summed E-state index contributed by atoms with van der Waals surface area (Å²) in [6.07, 6.45) is -0.723. The van der Waals surface area contributed by atoms with Crippen LogP contribution in [-0.2, 0) is 28.5 Å². The molecule has 0 spiro atoms. The molecule has 0 radical (unpaired) electrons. The van der Waals surface area contributed by atoms with Crippen molar-refractivity contribution in [2.45, 2.75) is 37.9 Å². The van der Waals surface area contributed by atoms with Crippen molar-refractivity contribution in [3.63, 3.8) is 0 Å². The van der Waals surface area contributed by atoms with Gasteiger partial charge in [0, 0.05) is 6.92 Å². The van der Waals surface area contributed by atoms with Crippen molar-refractivity contribution in [1.82, 2.24) is 19.5 Å². The number of nitriles is 1. The molecular weight excluding hydrogens is 400 g/mol. The van der Waals surface area contributed by atoms with Gasteiger partial charge in [-0.3, -0.25) is 9.36 Å². The maximum Gasteiger partial charge on any atom is 0.302 e. The third-order valence-corrected chi connectivity index (χ3v) is 4.29. The molecule has 2 aromatic rings. The number of esters is 1. The number of nitrogens with two attached hydrogens (primary N) is 1. The monoisotopic (exact) mass is 422 g/mol. The van der Waals surface area contributed by atoms with E-state index >= 15 is 0 Å². The maximum absolute atomic E-state index is 11.1. The number of nitrogens with zero attached hydrogens (tertiary/aromatic N) is 5. The third kappa shape index (κ3) is 4.99. The van der Waals surface area contributed by atoms with Crippen molar-refractivity contribution < 1.29 is 33.6 Å². The molecule has 0 aliphatic carbocycles. The summed E-state index contributed by atoms with van der Waals surface area (Å²) in [6.45, 7) is 1.05. The van der Waals surface area contributed by atoms with Gasteiger partial charge in [0.15, 0.2) is 17.7 Å². The van der Waals surface area contributed by atoms with Gasteiger partial charge in [0.05, 0.1) is 25.4 Å². The molecule has 4 atom stereocenters. The number of aromatic nitrogens is 4. The third-order valence-electron chi connectivity index (χ3n) is 4.29. The van der Waals surface area contributed by atoms with Crippen LogP contribution in [0.15, 0.2) is 12.7 Å². The summed E-state index contributed by atoms with van der Waals surface area (Å²) in [7, 11) is 0. The first-order valence-corrected chi connectivity index (χ1v) is 9.07. The van der Waals surface area contributed by atoms with E-state index in [0.717, 1.165) is 0 Å². The first kappa shape index (κ1) is 21.8. The van der Waals surface area contributed by atoms with Crippen LogP contribution in [0.1, 0.15) is 19.6 Å². The van der Waals surface area contributed by atoms with E-state index in [2.05, 4.69) is 15.0 Å². The van der Waals surface area contributed by atoms with Gasteiger partial charge >= 0.3 is 5.97 Å². The van der Waals surface area contributed by atoms with Gasteiger partial charge in [-0.2, -0.15) is 5.26 Å². The number of anilines is 1. The van der Waals surface area contributed by atoms with E-state index in [1.807, 2.05) is 6.07 Å². The Morgan fingerprint density at radius 1 is 1.37 bits per heavy atom. The molecule has 3 N–H and O–H groups in total. The molecule has 3 rings (SSSR count). The van der Waals surface area contributed by atoms with E-state index < -0.39 is 30.5 Å². The molecule has 0 amide bonds. The standard InChI is InChI=1S/C17H22N6O7/c1-10(24)28-5-11-13(25)14(29-9-27-8-26-4-2-3-18)17(30-11)23-7-22-12-15(19)20-6-21-16(12)23/h6-7,11,13-14,17,25H,2,4-5,8-9H2,1H3,(H2,19,20,21)/t11-,13-,14-,17-/m1/s1. The number of rotatable bonds is 10. The van der Waals surface area contributed by atoms with Gasteiger partial charge in [-0.1, -0.05) is 0 Å². The fourth-order valence-corrected chi connectivity index (χ4v) is 2.91. The average Bonchev–Trinajstić information content (AvgIpc) is 3.28. The van der Waals surface area contributed by atoms with E-state index in [9.17, 15) is 9.90 Å². The smallest absolute Gasteiger partial charge is 0.302 e. The minimum Gasteiger partial charge on any atom is -0.463 e. The molecule has 2 aromatic heterocycles. The molecule has 1 fully saturated rings. The summed E-state index contributed by atoms with van der Waals surface area (Å²) in [6, 6.07) is 1.95. The molecule has 162 valence electrons. The molecule has 13 nitrogen and oxygen atoms in total. The summed E-state index contributed by atoms with van der Waals surface area (Å²) < 4.78 is 28.4. The van der Waals surface area contributed by atoms with Crippen molar-refractivity contribution in [3.8, 4) is 6.07 Å². The lowest BCUT2D eigenvalue weighted by atomic mass is 10.1. The van der Waals surface area contributed by atoms with Crippen LogP contribution < -0.4 is 5.73 Å². The van der Waals surface area contributed by atoms with Crippen LogP contribution in [0, 0.1) is 11.3 Å². The zero-order chi connectivity index (χ0) is 21.5. The number of hydrogen-bond donors (Lipinski definition) is 2. The fraction of sp³-hybridized carbons (Fsp3) is 0.588. The second-order valence-corrected chi connectivity index (χ2v) is 6.33. The Hall–Kier alpha value is -2.89. The first-order chi connectivity index (χ1) is 14.5. The predicted octanol–water partition coefficient (Wildman–Crippen LogP) is -0.523. The Morgan fingerprint density at radius 3 is 2.97 bits per heavy atom. The quantitative estimate of drug-likeness (QED) is 0.285. The minimum absolute atomic E-state index is 0.0787. The lowest BCUT2D eigenvalue weighted by Gasteiger charge is -2.22. The van der Waals surface area contributed by atoms with E-state index in [0.29, 0.717) is 11.2 Å². The number of nitrogen functional groups attached to an aromatic ring is 1. The van der Waals surface area contributed by atoms with Crippen molar-refractivity contribution in [2.24, 2.45) is 0 Å². The lowest BCUT2D eigenvalue weighted by molar-refractivity contribution is -0.174. The highest BCUT2D eigenvalue weighted by atomic mass is 16.7. The molecule has 0 aromatic carbocycles. The molecule has 30 heavy (non-hydrogen) atoms. The van der Waals surface area contributed by atoms with E-state index in [-0.39, 0.29) is 39.0 Å². The molecule has 13 heteroatoms. The van der Waals surface area contributed by atoms with Crippen molar-refractivity contribution in [1.29, 1.82) is 5.26 Å². The average molecular weight is 422 g/mol. The molecule has 0 unspecified atom stereocenters. The Morgan fingerprint density at radius 2 is 2.20 bits per heavy atom. The van der Waals surface area contributed by atoms with Crippen LogP contribution in [0.5, 0.6) is 0 Å². The molecular formula is C17H22N6O7. The minimum atomic E-state index is -1.13. The van der Waals surface area contributed by atoms with Gasteiger partial charge in [0.1, 0.15) is 50.3 Å². The maximum atomic E-state index is 11.1. The summed E-state index contributed by atoms with van der Waals surface area (Å²) in [5, 5.41) is 19.1. The number of ether oxygens (including phenoxy) is 5. The van der Waals surface area contributed by atoms with Crippen molar-refractivity contribution in [3.05, 3.63) is 12.7 Å². The highest BCUT2D eigenvalue weighted by molar-refractivity contribution is 5.81. The van der Waals surface area contributed by atoms with E-state index in [4.69, 9.17) is 34.7 Å². The normalized spacial score (nSPS) is 23.5. The molecule has 1 aliphatic rings. The predicted molar refractivity (Wildman–Crippen MR) is 98.2 cm³/mol. The van der Waals surface area contributed by atoms with Crippen molar-refractivity contribution >= 4 is 23.0 Å². The van der Waals surface area contributed by atoms with Crippen LogP contribution in [-0.4, -0.2) is 75.7 Å². The number of carbonyl (C=O) groups is 1. The Labute approximate surface area is 171 Å². The van der Waals surface area contributed by atoms with E-state index in [1.165, 1.54) is 19.6 Å². The highest BCUT2D eigenvalue weighted by Gasteiger charge is 2.46. The number of carbonyl (C=O) groups excluding carboxylic acids is 1. The van der Waals surface area contributed by atoms with Crippen LogP contribution in [0.25, 0.3) is 11.2 Å². The summed E-state index contributed by atoms with van der Waals surface area (Å²) in [4.78, 5) is 23.4. The number of aliphatic hydroxyl groups is 1. The van der Waals surface area contributed by atoms with Gasteiger partial charge in [-0.05, 0) is 0 Å². The second-order valence-electron chi connectivity index (χ2n) is 6.33. The van der Waals surface area contributed by atoms with Crippen molar-refractivity contribution in [2.75, 3.05) is 32.5 Å². The number of fused-ring (bicyclic) bond motifs is 1. The van der Waals surface area contributed by atoms with Gasteiger partial charge in [-0.25, -0.2) is 15.0 Å². The lowest BCUT2D eigenvalue weighted by Crippen LogP contribution is -2.36.